The first-order valence-corrected chi connectivity index (χ1v) is 10.1. The van der Waals surface area contributed by atoms with Crippen LogP contribution in [0.15, 0.2) is 96.1 Å². The van der Waals surface area contributed by atoms with Crippen LogP contribution in [0.1, 0.15) is 11.3 Å². The Balaban J connectivity index is 1.38. The first kappa shape index (κ1) is 18.9. The number of anilines is 1. The van der Waals surface area contributed by atoms with Crippen molar-refractivity contribution in [2.75, 3.05) is 5.32 Å². The Hall–Kier alpha value is -4.12. The molecule has 0 aliphatic carbocycles. The molecule has 5 aromatic rings. The fourth-order valence-corrected chi connectivity index (χ4v) is 3.89. The number of amides is 1. The van der Waals surface area contributed by atoms with Gasteiger partial charge in [-0.2, -0.15) is 0 Å². The normalized spacial score (nSPS) is 11.0. The minimum absolute atomic E-state index is 0.0601. The van der Waals surface area contributed by atoms with E-state index in [1.807, 2.05) is 42.5 Å². The minimum atomic E-state index is -0.0601. The van der Waals surface area contributed by atoms with Crippen molar-refractivity contribution < 1.29 is 9.21 Å². The third-order valence-corrected chi connectivity index (χ3v) is 5.34. The van der Waals surface area contributed by atoms with E-state index in [1.54, 1.807) is 24.9 Å². The molecule has 5 rings (SSSR count). The van der Waals surface area contributed by atoms with E-state index in [2.05, 4.69) is 46.1 Å². The molecule has 0 aliphatic rings. The zero-order chi connectivity index (χ0) is 21.2. The standard InChI is InChI=1S/C26H21N3O2/c1-18-13-22-15-20(21-10-12-31-17-21)4-9-25(22)29(18)24-7-5-23(6-8-24)28-26(30)14-19-3-2-11-27-16-19/h2-13,15-17H,14H2,1H3,(H,28,30). The van der Waals surface area contributed by atoms with Crippen molar-refractivity contribution in [3.8, 4) is 16.8 Å². The fraction of sp³-hybridized carbons (Fsp3) is 0.0769. The number of fused-ring (bicyclic) bond motifs is 1. The molecule has 0 unspecified atom stereocenters. The fourth-order valence-electron chi connectivity index (χ4n) is 3.89. The van der Waals surface area contributed by atoms with Gasteiger partial charge in [-0.15, -0.1) is 0 Å². The maximum Gasteiger partial charge on any atom is 0.228 e. The Morgan fingerprint density at radius 2 is 1.90 bits per heavy atom. The molecule has 0 atom stereocenters. The summed E-state index contributed by atoms with van der Waals surface area (Å²) >= 11 is 0. The summed E-state index contributed by atoms with van der Waals surface area (Å²) in [6.45, 7) is 2.10. The molecule has 0 radical (unpaired) electrons. The molecule has 3 aromatic heterocycles. The van der Waals surface area contributed by atoms with Gasteiger partial charge in [-0.3, -0.25) is 9.78 Å². The predicted octanol–water partition coefficient (Wildman–Crippen LogP) is 5.78. The van der Waals surface area contributed by atoms with Crippen LogP contribution in [0.3, 0.4) is 0 Å². The van der Waals surface area contributed by atoms with Crippen molar-refractivity contribution in [1.82, 2.24) is 9.55 Å². The minimum Gasteiger partial charge on any atom is -0.472 e. The second kappa shape index (κ2) is 7.95. The van der Waals surface area contributed by atoms with Gasteiger partial charge in [-0.1, -0.05) is 12.1 Å². The van der Waals surface area contributed by atoms with E-state index in [0.29, 0.717) is 6.42 Å². The van der Waals surface area contributed by atoms with Crippen LogP contribution < -0.4 is 5.32 Å². The van der Waals surface area contributed by atoms with Crippen molar-refractivity contribution in [2.45, 2.75) is 13.3 Å². The second-order valence-electron chi connectivity index (χ2n) is 7.54. The molecule has 0 saturated heterocycles. The Morgan fingerprint density at radius 3 is 2.65 bits per heavy atom. The highest BCUT2D eigenvalue weighted by Gasteiger charge is 2.10. The van der Waals surface area contributed by atoms with E-state index in [1.165, 1.54) is 5.39 Å². The molecule has 5 nitrogen and oxygen atoms in total. The number of pyridine rings is 1. The molecular formula is C26H21N3O2. The summed E-state index contributed by atoms with van der Waals surface area (Å²) in [6.07, 6.45) is 7.15. The summed E-state index contributed by atoms with van der Waals surface area (Å²) in [5.74, 6) is -0.0601. The Labute approximate surface area is 180 Å². The van der Waals surface area contributed by atoms with Gasteiger partial charge in [0.1, 0.15) is 0 Å². The highest BCUT2D eigenvalue weighted by atomic mass is 16.3. The largest absolute Gasteiger partial charge is 0.472 e. The third kappa shape index (κ3) is 3.85. The van der Waals surface area contributed by atoms with Crippen LogP contribution in [-0.4, -0.2) is 15.5 Å². The number of hydrogen-bond acceptors (Lipinski definition) is 3. The molecule has 0 saturated carbocycles. The summed E-state index contributed by atoms with van der Waals surface area (Å²) in [5, 5.41) is 4.12. The van der Waals surface area contributed by atoms with E-state index in [4.69, 9.17) is 4.42 Å². The molecule has 152 valence electrons. The first-order chi connectivity index (χ1) is 15.2. The van der Waals surface area contributed by atoms with Crippen molar-refractivity contribution in [3.05, 3.63) is 103 Å². The molecule has 2 aromatic carbocycles. The third-order valence-electron chi connectivity index (χ3n) is 5.34. The molecule has 0 aliphatic heterocycles. The molecule has 0 spiro atoms. The number of aryl methyl sites for hydroxylation is 1. The van der Waals surface area contributed by atoms with Gasteiger partial charge < -0.3 is 14.3 Å². The van der Waals surface area contributed by atoms with Crippen LogP contribution in [0.25, 0.3) is 27.7 Å². The molecule has 5 heteroatoms. The van der Waals surface area contributed by atoms with Gasteiger partial charge in [0.2, 0.25) is 5.91 Å². The van der Waals surface area contributed by atoms with Gasteiger partial charge in [0.05, 0.1) is 24.5 Å². The first-order valence-electron chi connectivity index (χ1n) is 10.1. The number of benzene rings is 2. The molecule has 0 bridgehead atoms. The Bertz CT molecular complexity index is 1340. The highest BCUT2D eigenvalue weighted by molar-refractivity contribution is 5.92. The van der Waals surface area contributed by atoms with Crippen molar-refractivity contribution in [3.63, 3.8) is 0 Å². The van der Waals surface area contributed by atoms with Gasteiger partial charge >= 0.3 is 0 Å². The lowest BCUT2D eigenvalue weighted by atomic mass is 10.1. The molecule has 1 N–H and O–H groups in total. The Kier molecular flexibility index (Phi) is 4.84. The molecule has 3 heterocycles. The second-order valence-corrected chi connectivity index (χ2v) is 7.54. The number of hydrogen-bond donors (Lipinski definition) is 1. The van der Waals surface area contributed by atoms with Gasteiger partial charge in [-0.25, -0.2) is 0 Å². The van der Waals surface area contributed by atoms with Crippen LogP contribution >= 0.6 is 0 Å². The maximum atomic E-state index is 12.3. The van der Waals surface area contributed by atoms with Crippen LogP contribution in [0.4, 0.5) is 5.69 Å². The summed E-state index contributed by atoms with van der Waals surface area (Å²) in [5.41, 5.74) is 7.19. The van der Waals surface area contributed by atoms with Crippen LogP contribution in [0.5, 0.6) is 0 Å². The lowest BCUT2D eigenvalue weighted by Crippen LogP contribution is -2.14. The van der Waals surface area contributed by atoms with Gasteiger partial charge in [0, 0.05) is 40.4 Å². The number of furan rings is 1. The predicted molar refractivity (Wildman–Crippen MR) is 122 cm³/mol. The smallest absolute Gasteiger partial charge is 0.228 e. The zero-order valence-corrected chi connectivity index (χ0v) is 17.1. The van der Waals surface area contributed by atoms with E-state index >= 15 is 0 Å². The SMILES string of the molecule is Cc1cc2cc(-c3ccoc3)ccc2n1-c1ccc(NC(=O)Cc2cccnc2)cc1. The number of nitrogens with zero attached hydrogens (tertiary/aromatic N) is 2. The van der Waals surface area contributed by atoms with Crippen molar-refractivity contribution in [1.29, 1.82) is 0 Å². The monoisotopic (exact) mass is 407 g/mol. The maximum absolute atomic E-state index is 12.3. The van der Waals surface area contributed by atoms with Gasteiger partial charge in [0.25, 0.3) is 0 Å². The van der Waals surface area contributed by atoms with Gasteiger partial charge in [-0.05, 0) is 72.6 Å². The molecular weight excluding hydrogens is 386 g/mol. The topological polar surface area (TPSA) is 60.1 Å². The van der Waals surface area contributed by atoms with E-state index < -0.39 is 0 Å². The number of rotatable bonds is 5. The number of carbonyl (C=O) groups is 1. The lowest BCUT2D eigenvalue weighted by Gasteiger charge is -2.11. The summed E-state index contributed by atoms with van der Waals surface area (Å²) in [4.78, 5) is 16.4. The summed E-state index contributed by atoms with van der Waals surface area (Å²) in [6, 6.07) is 22.2. The molecule has 1 amide bonds. The lowest BCUT2D eigenvalue weighted by molar-refractivity contribution is -0.115. The van der Waals surface area contributed by atoms with Crippen molar-refractivity contribution in [2.24, 2.45) is 0 Å². The van der Waals surface area contributed by atoms with Crippen LogP contribution in [0.2, 0.25) is 0 Å². The molecule has 0 fully saturated rings. The van der Waals surface area contributed by atoms with E-state index in [0.717, 1.165) is 39.3 Å². The van der Waals surface area contributed by atoms with Crippen molar-refractivity contribution >= 4 is 22.5 Å². The molecule has 31 heavy (non-hydrogen) atoms. The van der Waals surface area contributed by atoms with Gasteiger partial charge in [0.15, 0.2) is 0 Å². The zero-order valence-electron chi connectivity index (χ0n) is 17.1. The van der Waals surface area contributed by atoms with E-state index in [9.17, 15) is 4.79 Å². The average Bonchev–Trinajstić information content (AvgIpc) is 3.42. The number of aromatic nitrogens is 2. The number of nitrogens with one attached hydrogen (secondary N) is 1. The summed E-state index contributed by atoms with van der Waals surface area (Å²) < 4.78 is 7.43. The average molecular weight is 407 g/mol. The quantitative estimate of drug-likeness (QED) is 0.402. The Morgan fingerprint density at radius 1 is 1.03 bits per heavy atom. The number of carbonyl (C=O) groups excluding carboxylic acids is 1. The van der Waals surface area contributed by atoms with E-state index in [-0.39, 0.29) is 5.91 Å². The van der Waals surface area contributed by atoms with Crippen LogP contribution in [0, 0.1) is 6.92 Å². The summed E-state index contributed by atoms with van der Waals surface area (Å²) in [7, 11) is 0. The highest BCUT2D eigenvalue weighted by Crippen LogP contribution is 2.29. The van der Waals surface area contributed by atoms with Crippen LogP contribution in [-0.2, 0) is 11.2 Å².